The molecule has 1 saturated heterocycles. The number of hydrogen-bond acceptors (Lipinski definition) is 1. The predicted molar refractivity (Wildman–Crippen MR) is 61.2 cm³/mol. The van der Waals surface area contributed by atoms with Gasteiger partial charge in [-0.2, -0.15) is 0 Å². The van der Waals surface area contributed by atoms with Crippen molar-refractivity contribution in [2.75, 3.05) is 6.54 Å². The Labute approximate surface area is 91.3 Å². The highest BCUT2D eigenvalue weighted by atomic mass is 35.5. The van der Waals surface area contributed by atoms with Crippen LogP contribution < -0.4 is 5.32 Å². The van der Waals surface area contributed by atoms with Gasteiger partial charge in [0.2, 0.25) is 0 Å². The van der Waals surface area contributed by atoms with Crippen LogP contribution >= 0.6 is 12.4 Å². The summed E-state index contributed by atoms with van der Waals surface area (Å²) in [6.45, 7) is 1.22. The van der Waals surface area contributed by atoms with Crippen molar-refractivity contribution in [2.45, 2.75) is 31.2 Å². The molecule has 2 heteroatoms. The maximum atomic E-state index is 3.63. The van der Waals surface area contributed by atoms with Gasteiger partial charge in [0.05, 0.1) is 0 Å². The van der Waals surface area contributed by atoms with Gasteiger partial charge in [0.25, 0.3) is 0 Å². The van der Waals surface area contributed by atoms with Crippen molar-refractivity contribution in [3.8, 4) is 0 Å². The van der Waals surface area contributed by atoms with Crippen LogP contribution in [0.4, 0.5) is 0 Å². The average Bonchev–Trinajstić information content (AvgIpc) is 2.56. The van der Waals surface area contributed by atoms with Crippen LogP contribution in [0.3, 0.4) is 0 Å². The molecule has 0 bridgehead atoms. The predicted octanol–water partition coefficient (Wildman–Crippen LogP) is 2.50. The van der Waals surface area contributed by atoms with E-state index in [1.54, 1.807) is 11.1 Å². The van der Waals surface area contributed by atoms with Gasteiger partial charge >= 0.3 is 0 Å². The summed E-state index contributed by atoms with van der Waals surface area (Å²) in [7, 11) is 0. The van der Waals surface area contributed by atoms with Gasteiger partial charge in [0, 0.05) is 6.04 Å². The van der Waals surface area contributed by atoms with E-state index in [-0.39, 0.29) is 12.4 Å². The van der Waals surface area contributed by atoms with Crippen LogP contribution in [-0.2, 0) is 6.42 Å². The second-order valence-corrected chi connectivity index (χ2v) is 4.21. The largest absolute Gasteiger partial charge is 0.313 e. The molecular weight excluding hydrogens is 194 g/mol. The second kappa shape index (κ2) is 3.92. The zero-order chi connectivity index (χ0) is 8.67. The summed E-state index contributed by atoms with van der Waals surface area (Å²) in [4.78, 5) is 0. The monoisotopic (exact) mass is 209 g/mol. The number of nitrogens with one attached hydrogen (secondary N) is 1. The van der Waals surface area contributed by atoms with Crippen molar-refractivity contribution in [1.29, 1.82) is 0 Å². The van der Waals surface area contributed by atoms with E-state index in [1.165, 1.54) is 25.8 Å². The van der Waals surface area contributed by atoms with Crippen LogP contribution in [0.15, 0.2) is 24.3 Å². The fourth-order valence-electron chi connectivity index (χ4n) is 2.86. The lowest BCUT2D eigenvalue weighted by Crippen LogP contribution is -2.37. The van der Waals surface area contributed by atoms with Crippen molar-refractivity contribution in [3.63, 3.8) is 0 Å². The molecule has 0 radical (unpaired) electrons. The molecule has 1 aromatic carbocycles. The molecule has 1 aromatic rings. The molecule has 1 heterocycles. The van der Waals surface area contributed by atoms with Gasteiger partial charge in [-0.1, -0.05) is 24.3 Å². The van der Waals surface area contributed by atoms with E-state index in [4.69, 9.17) is 0 Å². The van der Waals surface area contributed by atoms with Crippen molar-refractivity contribution in [2.24, 2.45) is 0 Å². The highest BCUT2D eigenvalue weighted by molar-refractivity contribution is 5.85. The molecule has 3 rings (SSSR count). The molecule has 0 spiro atoms. The molecular formula is C12H16ClN. The van der Waals surface area contributed by atoms with Crippen LogP contribution in [0, 0.1) is 0 Å². The lowest BCUT2D eigenvalue weighted by atomic mass is 9.90. The summed E-state index contributed by atoms with van der Waals surface area (Å²) in [6, 6.07) is 9.68. The molecule has 14 heavy (non-hydrogen) atoms. The molecule has 1 nitrogen and oxygen atoms in total. The Morgan fingerprint density at radius 3 is 3.00 bits per heavy atom. The molecule has 0 amide bonds. The Balaban J connectivity index is 0.000000750. The normalized spacial score (nSPS) is 28.9. The maximum Gasteiger partial charge on any atom is 0.0176 e. The molecule has 76 valence electrons. The molecule has 1 N–H and O–H groups in total. The first-order valence-electron chi connectivity index (χ1n) is 5.26. The molecule has 0 unspecified atom stereocenters. The average molecular weight is 210 g/mol. The van der Waals surface area contributed by atoms with Crippen molar-refractivity contribution >= 4 is 12.4 Å². The summed E-state index contributed by atoms with van der Waals surface area (Å²) in [5, 5.41) is 3.63. The molecule has 1 fully saturated rings. The number of piperidine rings is 1. The zero-order valence-electron chi connectivity index (χ0n) is 8.20. The molecule has 2 aliphatic rings. The van der Waals surface area contributed by atoms with E-state index in [0.29, 0.717) is 0 Å². The van der Waals surface area contributed by atoms with Gasteiger partial charge in [0.1, 0.15) is 0 Å². The molecule has 2 atom stereocenters. The smallest absolute Gasteiger partial charge is 0.0176 e. The van der Waals surface area contributed by atoms with Crippen molar-refractivity contribution < 1.29 is 0 Å². The third kappa shape index (κ3) is 1.45. The molecule has 1 aliphatic carbocycles. The summed E-state index contributed by atoms with van der Waals surface area (Å²) in [5.41, 5.74) is 3.19. The first-order chi connectivity index (χ1) is 6.45. The van der Waals surface area contributed by atoms with Crippen molar-refractivity contribution in [3.05, 3.63) is 35.4 Å². The van der Waals surface area contributed by atoms with Gasteiger partial charge in [-0.3, -0.25) is 0 Å². The number of halogens is 1. The van der Waals surface area contributed by atoms with Gasteiger partial charge < -0.3 is 5.32 Å². The Morgan fingerprint density at radius 1 is 1.21 bits per heavy atom. The highest BCUT2D eigenvalue weighted by Crippen LogP contribution is 2.37. The summed E-state index contributed by atoms with van der Waals surface area (Å²) in [5.74, 6) is 0.810. The topological polar surface area (TPSA) is 12.0 Å². The van der Waals surface area contributed by atoms with E-state index in [0.717, 1.165) is 12.0 Å². The van der Waals surface area contributed by atoms with Gasteiger partial charge in [-0.25, -0.2) is 0 Å². The minimum absolute atomic E-state index is 0. The number of fused-ring (bicyclic) bond motifs is 3. The van der Waals surface area contributed by atoms with Crippen molar-refractivity contribution in [1.82, 2.24) is 5.32 Å². The van der Waals surface area contributed by atoms with Crippen LogP contribution in [0.25, 0.3) is 0 Å². The van der Waals surface area contributed by atoms with E-state index in [9.17, 15) is 0 Å². The number of benzene rings is 1. The molecule has 0 saturated carbocycles. The van der Waals surface area contributed by atoms with Gasteiger partial charge in [-0.15, -0.1) is 12.4 Å². The lowest BCUT2D eigenvalue weighted by molar-refractivity contribution is 0.372. The molecule has 0 aromatic heterocycles. The van der Waals surface area contributed by atoms with E-state index in [1.807, 2.05) is 0 Å². The number of hydrogen-bond donors (Lipinski definition) is 1. The van der Waals surface area contributed by atoms with E-state index < -0.39 is 0 Å². The Kier molecular flexibility index (Phi) is 2.80. The summed E-state index contributed by atoms with van der Waals surface area (Å²) >= 11 is 0. The first-order valence-corrected chi connectivity index (χ1v) is 5.26. The Hall–Kier alpha value is -0.530. The van der Waals surface area contributed by atoms with Crippen LogP contribution in [0.1, 0.15) is 29.9 Å². The fourth-order valence-corrected chi connectivity index (χ4v) is 2.86. The summed E-state index contributed by atoms with van der Waals surface area (Å²) < 4.78 is 0. The van der Waals surface area contributed by atoms with Crippen LogP contribution in [0.2, 0.25) is 0 Å². The first kappa shape index (κ1) is 10.0. The third-order valence-electron chi connectivity index (χ3n) is 3.48. The maximum absolute atomic E-state index is 3.63. The molecule has 1 aliphatic heterocycles. The Morgan fingerprint density at radius 2 is 2.07 bits per heavy atom. The highest BCUT2D eigenvalue weighted by Gasteiger charge is 2.33. The van der Waals surface area contributed by atoms with Crippen LogP contribution in [0.5, 0.6) is 0 Å². The lowest BCUT2D eigenvalue weighted by Gasteiger charge is -2.26. The Bertz CT molecular complexity index is 324. The van der Waals surface area contributed by atoms with Gasteiger partial charge in [0.15, 0.2) is 0 Å². The third-order valence-corrected chi connectivity index (χ3v) is 3.48. The second-order valence-electron chi connectivity index (χ2n) is 4.21. The standard InChI is InChI=1S/C12H15N.ClH/c1-2-5-10-9(4-1)8-12-11(10)6-3-7-13-12;/h1-2,4-5,11-13H,3,6-8H2;1H/t11-,12-;/m1./s1. The minimum atomic E-state index is 0. The SMILES string of the molecule is Cl.c1ccc2c(c1)C[C@H]1NCCC[C@H]21. The quantitative estimate of drug-likeness (QED) is 0.693. The van der Waals surface area contributed by atoms with E-state index in [2.05, 4.69) is 29.6 Å². The summed E-state index contributed by atoms with van der Waals surface area (Å²) in [6.07, 6.45) is 3.98. The van der Waals surface area contributed by atoms with E-state index >= 15 is 0 Å². The fraction of sp³-hybridized carbons (Fsp3) is 0.500. The number of rotatable bonds is 0. The minimum Gasteiger partial charge on any atom is -0.313 e. The zero-order valence-corrected chi connectivity index (χ0v) is 9.02. The van der Waals surface area contributed by atoms with Crippen LogP contribution in [-0.4, -0.2) is 12.6 Å². The van der Waals surface area contributed by atoms with Gasteiger partial charge in [-0.05, 0) is 42.9 Å².